The first-order valence-electron chi connectivity index (χ1n) is 6.07. The molecule has 1 atom stereocenters. The molecule has 118 valence electrons. The van der Waals surface area contributed by atoms with Gasteiger partial charge in [-0.15, -0.1) is 0 Å². The molecule has 0 aliphatic carbocycles. The first-order chi connectivity index (χ1) is 9.46. The van der Waals surface area contributed by atoms with Gasteiger partial charge in [0.15, 0.2) is 0 Å². The minimum Gasteiger partial charge on any atom is -0.367 e. The van der Waals surface area contributed by atoms with Crippen LogP contribution in [0.2, 0.25) is 5.02 Å². The largest absolute Gasteiger partial charge is 0.367 e. The number of halogens is 1. The number of fused-ring (bicyclic) bond motifs is 1. The molecule has 1 aromatic carbocycles. The zero-order chi connectivity index (χ0) is 16.2. The van der Waals surface area contributed by atoms with Crippen LogP contribution in [0.5, 0.6) is 0 Å². The van der Waals surface area contributed by atoms with Crippen LogP contribution in [0.25, 0.3) is 0 Å². The Morgan fingerprint density at radius 1 is 1.38 bits per heavy atom. The van der Waals surface area contributed by atoms with Gasteiger partial charge in [-0.2, -0.15) is 4.31 Å². The van der Waals surface area contributed by atoms with Crippen LogP contribution in [-0.4, -0.2) is 34.4 Å². The molecular formula is C11H16ClN3O4S2. The van der Waals surface area contributed by atoms with E-state index in [1.165, 1.54) is 17.4 Å². The molecule has 1 heterocycles. The minimum atomic E-state index is -4.11. The molecule has 21 heavy (non-hydrogen) atoms. The van der Waals surface area contributed by atoms with Crippen LogP contribution >= 0.6 is 11.6 Å². The van der Waals surface area contributed by atoms with Crippen LogP contribution in [0.4, 0.5) is 5.69 Å². The average Bonchev–Trinajstić information content (AvgIpc) is 2.31. The molecule has 0 spiro atoms. The van der Waals surface area contributed by atoms with Gasteiger partial charge in [-0.3, -0.25) is 0 Å². The predicted molar refractivity (Wildman–Crippen MR) is 80.0 cm³/mol. The number of hydrogen-bond acceptors (Lipinski definition) is 5. The number of sulfonamides is 2. The van der Waals surface area contributed by atoms with E-state index in [1.807, 2.05) is 13.8 Å². The molecule has 1 unspecified atom stereocenters. The Morgan fingerprint density at radius 2 is 1.95 bits per heavy atom. The summed E-state index contributed by atoms with van der Waals surface area (Å²) in [6.07, 6.45) is -0.445. The molecule has 0 fully saturated rings. The second kappa shape index (κ2) is 5.10. The zero-order valence-corrected chi connectivity index (χ0v) is 14.1. The number of nitrogens with two attached hydrogens (primary N) is 1. The third-order valence-corrected chi connectivity index (χ3v) is 6.58. The standard InChI is InChI=1S/C11H16ClN3O4S2/c1-6(2)11-14-8-4-7(12)9(20(13,16)17)5-10(8)21(18,19)15(11)3/h4-6,11,14H,1-3H3,(H2,13,16,17). The number of benzene rings is 1. The highest BCUT2D eigenvalue weighted by atomic mass is 35.5. The third-order valence-electron chi connectivity index (χ3n) is 3.32. The summed E-state index contributed by atoms with van der Waals surface area (Å²) in [6, 6.07) is 2.26. The Balaban J connectivity index is 2.74. The smallest absolute Gasteiger partial charge is 0.246 e. The minimum absolute atomic E-state index is 0.00891. The summed E-state index contributed by atoms with van der Waals surface area (Å²) in [7, 11) is -6.50. The number of rotatable bonds is 2. The number of nitrogens with one attached hydrogen (secondary N) is 1. The predicted octanol–water partition coefficient (Wildman–Crippen LogP) is 1.02. The third kappa shape index (κ3) is 2.76. The summed E-state index contributed by atoms with van der Waals surface area (Å²) < 4.78 is 49.1. The highest BCUT2D eigenvalue weighted by Crippen LogP contribution is 2.37. The van der Waals surface area contributed by atoms with Gasteiger partial charge < -0.3 is 5.32 Å². The van der Waals surface area contributed by atoms with Crippen molar-refractivity contribution in [3.05, 3.63) is 17.2 Å². The van der Waals surface area contributed by atoms with E-state index >= 15 is 0 Å². The summed E-state index contributed by atoms with van der Waals surface area (Å²) in [5, 5.41) is 7.98. The fourth-order valence-corrected chi connectivity index (χ4v) is 4.96. The molecule has 7 nitrogen and oxygen atoms in total. The Kier molecular flexibility index (Phi) is 4.00. The number of primary sulfonamides is 1. The monoisotopic (exact) mass is 353 g/mol. The average molecular weight is 354 g/mol. The molecule has 0 bridgehead atoms. The lowest BCUT2D eigenvalue weighted by atomic mass is 10.1. The van der Waals surface area contributed by atoms with E-state index in [0.29, 0.717) is 0 Å². The van der Waals surface area contributed by atoms with Crippen molar-refractivity contribution in [2.75, 3.05) is 12.4 Å². The van der Waals surface area contributed by atoms with Gasteiger partial charge in [0.2, 0.25) is 20.0 Å². The lowest BCUT2D eigenvalue weighted by Gasteiger charge is -2.37. The molecule has 1 aromatic rings. The zero-order valence-electron chi connectivity index (χ0n) is 11.7. The molecule has 0 radical (unpaired) electrons. The van der Waals surface area contributed by atoms with Crippen LogP contribution in [-0.2, 0) is 20.0 Å². The van der Waals surface area contributed by atoms with Crippen molar-refractivity contribution in [3.63, 3.8) is 0 Å². The highest BCUT2D eigenvalue weighted by molar-refractivity contribution is 7.90. The van der Waals surface area contributed by atoms with E-state index in [0.717, 1.165) is 6.07 Å². The molecule has 2 rings (SSSR count). The van der Waals surface area contributed by atoms with E-state index in [4.69, 9.17) is 16.7 Å². The van der Waals surface area contributed by atoms with E-state index in [2.05, 4.69) is 5.32 Å². The Labute approximate surface area is 129 Å². The number of hydrogen-bond donors (Lipinski definition) is 2. The van der Waals surface area contributed by atoms with Crippen LogP contribution in [0, 0.1) is 5.92 Å². The van der Waals surface area contributed by atoms with Gasteiger partial charge >= 0.3 is 0 Å². The van der Waals surface area contributed by atoms with Crippen molar-refractivity contribution in [2.24, 2.45) is 11.1 Å². The van der Waals surface area contributed by atoms with Crippen LogP contribution in [0.3, 0.4) is 0 Å². The van der Waals surface area contributed by atoms with Crippen molar-refractivity contribution in [1.82, 2.24) is 4.31 Å². The fraction of sp³-hybridized carbons (Fsp3) is 0.455. The molecule has 0 aromatic heterocycles. The fourth-order valence-electron chi connectivity index (χ4n) is 2.22. The van der Waals surface area contributed by atoms with Gasteiger partial charge in [-0.1, -0.05) is 25.4 Å². The van der Waals surface area contributed by atoms with E-state index in [9.17, 15) is 16.8 Å². The molecule has 0 amide bonds. The Morgan fingerprint density at radius 3 is 2.43 bits per heavy atom. The van der Waals surface area contributed by atoms with Crippen LogP contribution < -0.4 is 10.5 Å². The summed E-state index contributed by atoms with van der Waals surface area (Å²) in [5.74, 6) is 0.00891. The van der Waals surface area contributed by atoms with E-state index < -0.39 is 31.1 Å². The lowest BCUT2D eigenvalue weighted by molar-refractivity contribution is 0.318. The summed E-state index contributed by atoms with van der Waals surface area (Å²) in [4.78, 5) is -0.569. The summed E-state index contributed by atoms with van der Waals surface area (Å²) in [5.41, 5.74) is 0.268. The number of anilines is 1. The maximum absolute atomic E-state index is 12.5. The van der Waals surface area contributed by atoms with Gasteiger partial charge in [-0.05, 0) is 18.1 Å². The van der Waals surface area contributed by atoms with Crippen molar-refractivity contribution in [1.29, 1.82) is 0 Å². The van der Waals surface area contributed by atoms with Gasteiger partial charge in [0.1, 0.15) is 9.79 Å². The molecule has 3 N–H and O–H groups in total. The first-order valence-corrected chi connectivity index (χ1v) is 9.43. The van der Waals surface area contributed by atoms with Gasteiger partial charge in [0, 0.05) is 7.05 Å². The van der Waals surface area contributed by atoms with Gasteiger partial charge in [0.05, 0.1) is 16.9 Å². The van der Waals surface area contributed by atoms with Crippen molar-refractivity contribution in [2.45, 2.75) is 29.8 Å². The van der Waals surface area contributed by atoms with Gasteiger partial charge in [0.25, 0.3) is 0 Å². The summed E-state index contributed by atoms with van der Waals surface area (Å²) >= 11 is 5.90. The maximum Gasteiger partial charge on any atom is 0.246 e. The normalized spacial score (nSPS) is 21.9. The van der Waals surface area contributed by atoms with Crippen molar-refractivity contribution >= 4 is 37.3 Å². The molecule has 0 saturated carbocycles. The second-order valence-electron chi connectivity index (χ2n) is 5.18. The Hall–Kier alpha value is -0.870. The Bertz CT molecular complexity index is 790. The van der Waals surface area contributed by atoms with E-state index in [1.54, 1.807) is 0 Å². The number of nitrogens with zero attached hydrogens (tertiary/aromatic N) is 1. The maximum atomic E-state index is 12.5. The molecule has 10 heteroatoms. The van der Waals surface area contributed by atoms with Crippen molar-refractivity contribution < 1.29 is 16.8 Å². The second-order valence-corrected chi connectivity index (χ2v) is 9.08. The van der Waals surface area contributed by atoms with Crippen molar-refractivity contribution in [3.8, 4) is 0 Å². The van der Waals surface area contributed by atoms with Gasteiger partial charge in [-0.25, -0.2) is 22.0 Å². The van der Waals surface area contributed by atoms with Crippen LogP contribution in [0.1, 0.15) is 13.8 Å². The highest BCUT2D eigenvalue weighted by Gasteiger charge is 2.38. The topological polar surface area (TPSA) is 110 Å². The molecule has 1 aliphatic heterocycles. The quantitative estimate of drug-likeness (QED) is 0.824. The molecular weight excluding hydrogens is 338 g/mol. The molecule has 1 aliphatic rings. The van der Waals surface area contributed by atoms with E-state index in [-0.39, 0.29) is 21.5 Å². The first kappa shape index (κ1) is 16.5. The molecule has 0 saturated heterocycles. The van der Waals surface area contributed by atoms with Crippen LogP contribution in [0.15, 0.2) is 21.9 Å². The lowest BCUT2D eigenvalue weighted by Crippen LogP contribution is -2.48. The SMILES string of the molecule is CC(C)C1Nc2cc(Cl)c(S(N)(=O)=O)cc2S(=O)(=O)N1C. The summed E-state index contributed by atoms with van der Waals surface area (Å²) in [6.45, 7) is 3.74.